The zero-order valence-electron chi connectivity index (χ0n) is 20.3. The molecule has 0 radical (unpaired) electrons. The second kappa shape index (κ2) is 11.3. The van der Waals surface area contributed by atoms with Crippen LogP contribution < -0.4 is 15.4 Å². The second-order valence-corrected chi connectivity index (χ2v) is 8.82. The molecule has 0 spiro atoms. The molecule has 0 aromatic heterocycles. The van der Waals surface area contributed by atoms with Gasteiger partial charge in [-0.1, -0.05) is 65.7 Å². The molecule has 2 N–H and O–H groups in total. The number of halogens is 2. The van der Waals surface area contributed by atoms with Gasteiger partial charge in [-0.2, -0.15) is 5.26 Å². The van der Waals surface area contributed by atoms with Crippen LogP contribution in [0.2, 0.25) is 10.0 Å². The molecule has 0 bridgehead atoms. The Hall–Kier alpha value is -4.45. The summed E-state index contributed by atoms with van der Waals surface area (Å²) in [7, 11) is 2.36. The number of nitriles is 1. The van der Waals surface area contributed by atoms with Crippen LogP contribution in [0.3, 0.4) is 0 Å². The average Bonchev–Trinajstić information content (AvgIpc) is 2.93. The predicted molar refractivity (Wildman–Crippen MR) is 143 cm³/mol. The van der Waals surface area contributed by atoms with Crippen molar-refractivity contribution in [2.45, 2.75) is 5.92 Å². The number of hydrogen-bond donors (Lipinski definition) is 1. The molecule has 1 aliphatic heterocycles. The molecule has 1 unspecified atom stereocenters. The van der Waals surface area contributed by atoms with Crippen molar-refractivity contribution >= 4 is 40.8 Å². The van der Waals surface area contributed by atoms with Gasteiger partial charge in [0.15, 0.2) is 5.75 Å². The van der Waals surface area contributed by atoms with Gasteiger partial charge in [-0.3, -0.25) is 4.90 Å². The Bertz CT molecular complexity index is 1510. The summed E-state index contributed by atoms with van der Waals surface area (Å²) >= 11 is 12.3. The number of carbonyl (C=O) groups excluding carboxylic acids is 2. The molecule has 10 heteroatoms. The summed E-state index contributed by atoms with van der Waals surface area (Å²) < 4.78 is 16.2. The molecule has 0 aliphatic carbocycles. The Kier molecular flexibility index (Phi) is 7.91. The molecule has 38 heavy (non-hydrogen) atoms. The fourth-order valence-electron chi connectivity index (χ4n) is 4.17. The molecule has 3 aromatic carbocycles. The van der Waals surface area contributed by atoms with Crippen molar-refractivity contribution in [3.63, 3.8) is 0 Å². The lowest BCUT2D eigenvalue weighted by Gasteiger charge is -2.36. The molecule has 1 aliphatic rings. The number of rotatable bonds is 6. The van der Waals surface area contributed by atoms with Crippen molar-refractivity contribution in [3.8, 4) is 17.6 Å². The third-order valence-electron chi connectivity index (χ3n) is 5.83. The fourth-order valence-corrected chi connectivity index (χ4v) is 4.62. The van der Waals surface area contributed by atoms with Gasteiger partial charge in [0.25, 0.3) is 0 Å². The van der Waals surface area contributed by atoms with Gasteiger partial charge in [-0.25, -0.2) is 9.59 Å². The highest BCUT2D eigenvalue weighted by molar-refractivity contribution is 6.35. The van der Waals surface area contributed by atoms with Gasteiger partial charge in [0.05, 0.1) is 48.1 Å². The van der Waals surface area contributed by atoms with Crippen molar-refractivity contribution in [2.75, 3.05) is 19.1 Å². The van der Waals surface area contributed by atoms with Crippen molar-refractivity contribution in [2.24, 2.45) is 5.73 Å². The standard InChI is InChI=1S/C28H21Cl2N3O5/c1-36-27(34)24-23(16-8-4-3-5-9-16)18(15-31)26(32)33(25(24)28(35)37-2)20-10-6-7-11-22(20)38-21-13-12-17(29)14-19(21)30/h3-14,23H,32H2,1-2H3. The van der Waals surface area contributed by atoms with Crippen molar-refractivity contribution in [1.82, 2.24) is 0 Å². The smallest absolute Gasteiger partial charge is 0.355 e. The minimum Gasteiger partial charge on any atom is -0.466 e. The van der Waals surface area contributed by atoms with Crippen LogP contribution in [0.1, 0.15) is 11.5 Å². The van der Waals surface area contributed by atoms with E-state index in [4.69, 9.17) is 43.1 Å². The number of esters is 2. The quantitative estimate of drug-likeness (QED) is 0.390. The molecule has 4 rings (SSSR count). The van der Waals surface area contributed by atoms with E-state index in [0.29, 0.717) is 10.6 Å². The van der Waals surface area contributed by atoms with E-state index in [2.05, 4.69) is 6.07 Å². The number of carbonyl (C=O) groups is 2. The average molecular weight is 550 g/mol. The SMILES string of the molecule is COC(=O)C1=C(C(=O)OC)N(c2ccccc2Oc2ccc(Cl)cc2Cl)C(N)=C(C#N)C1c1ccccc1. The first-order chi connectivity index (χ1) is 18.3. The topological polar surface area (TPSA) is 115 Å². The van der Waals surface area contributed by atoms with Crippen LogP contribution in [0.4, 0.5) is 5.69 Å². The number of hydrogen-bond acceptors (Lipinski definition) is 8. The van der Waals surface area contributed by atoms with Crippen LogP contribution in [0.15, 0.2) is 95.5 Å². The first-order valence-electron chi connectivity index (χ1n) is 11.2. The molecule has 1 atom stereocenters. The lowest BCUT2D eigenvalue weighted by atomic mass is 9.81. The second-order valence-electron chi connectivity index (χ2n) is 7.98. The Labute approximate surface area is 229 Å². The number of anilines is 1. The van der Waals surface area contributed by atoms with Crippen LogP contribution in [0, 0.1) is 11.3 Å². The number of para-hydroxylation sites is 2. The number of methoxy groups -OCH3 is 2. The molecule has 0 amide bonds. The molecule has 3 aromatic rings. The molecule has 8 nitrogen and oxygen atoms in total. The van der Waals surface area contributed by atoms with E-state index in [0.717, 1.165) is 0 Å². The van der Waals surface area contributed by atoms with Gasteiger partial charge in [-0.15, -0.1) is 0 Å². The number of nitrogens with two attached hydrogens (primary N) is 1. The van der Waals surface area contributed by atoms with Crippen LogP contribution in [0.5, 0.6) is 11.5 Å². The third kappa shape index (κ3) is 4.90. The van der Waals surface area contributed by atoms with E-state index in [9.17, 15) is 14.9 Å². The maximum atomic E-state index is 13.3. The summed E-state index contributed by atoms with van der Waals surface area (Å²) in [4.78, 5) is 27.8. The van der Waals surface area contributed by atoms with Crippen LogP contribution in [0.25, 0.3) is 0 Å². The zero-order chi connectivity index (χ0) is 27.4. The maximum Gasteiger partial charge on any atom is 0.355 e. The van der Waals surface area contributed by atoms with E-state index < -0.39 is 17.9 Å². The molecular formula is C28H21Cl2N3O5. The Morgan fingerprint density at radius 1 is 0.921 bits per heavy atom. The van der Waals surface area contributed by atoms with E-state index in [1.165, 1.54) is 25.2 Å². The van der Waals surface area contributed by atoms with Gasteiger partial charge in [0.2, 0.25) is 0 Å². The minimum atomic E-state index is -0.988. The normalized spacial score (nSPS) is 15.1. The number of ether oxygens (including phenoxy) is 3. The molecule has 0 fully saturated rings. The van der Waals surface area contributed by atoms with E-state index in [-0.39, 0.29) is 44.9 Å². The summed E-state index contributed by atoms with van der Waals surface area (Å²) in [5.41, 5.74) is 7.09. The largest absolute Gasteiger partial charge is 0.466 e. The first kappa shape index (κ1) is 26.6. The third-order valence-corrected chi connectivity index (χ3v) is 6.36. The molecule has 0 saturated carbocycles. The van der Waals surface area contributed by atoms with Gasteiger partial charge >= 0.3 is 11.9 Å². The monoisotopic (exact) mass is 549 g/mol. The van der Waals surface area contributed by atoms with Gasteiger partial charge in [-0.05, 0) is 35.9 Å². The maximum absolute atomic E-state index is 13.3. The highest BCUT2D eigenvalue weighted by atomic mass is 35.5. The van der Waals surface area contributed by atoms with Gasteiger partial charge < -0.3 is 19.9 Å². The van der Waals surface area contributed by atoms with Crippen molar-refractivity contribution in [1.29, 1.82) is 5.26 Å². The number of allylic oxidation sites excluding steroid dienone is 1. The predicted octanol–water partition coefficient (Wildman–Crippen LogP) is 5.68. The summed E-state index contributed by atoms with van der Waals surface area (Å²) in [5, 5.41) is 10.9. The molecule has 1 heterocycles. The highest BCUT2D eigenvalue weighted by Crippen LogP contribution is 2.46. The summed E-state index contributed by atoms with van der Waals surface area (Å²) in [6, 6.07) is 22.2. The fraction of sp³-hybridized carbons (Fsp3) is 0.107. The van der Waals surface area contributed by atoms with E-state index >= 15 is 0 Å². The Morgan fingerprint density at radius 3 is 2.21 bits per heavy atom. The molecular weight excluding hydrogens is 529 g/mol. The minimum absolute atomic E-state index is 0.0311. The zero-order valence-corrected chi connectivity index (χ0v) is 21.8. The summed E-state index contributed by atoms with van der Waals surface area (Å²) in [6.07, 6.45) is 0. The lowest BCUT2D eigenvalue weighted by molar-refractivity contribution is -0.139. The Balaban J connectivity index is 2.01. The van der Waals surface area contributed by atoms with Crippen molar-refractivity contribution < 1.29 is 23.8 Å². The number of benzene rings is 3. The Morgan fingerprint density at radius 2 is 1.58 bits per heavy atom. The summed E-state index contributed by atoms with van der Waals surface area (Å²) in [5.74, 6) is -2.28. The van der Waals surface area contributed by atoms with Gasteiger partial charge in [0.1, 0.15) is 17.3 Å². The van der Waals surface area contributed by atoms with Gasteiger partial charge in [0, 0.05) is 5.02 Å². The number of nitrogens with zero attached hydrogens (tertiary/aromatic N) is 2. The van der Waals surface area contributed by atoms with Crippen LogP contribution in [-0.4, -0.2) is 26.2 Å². The lowest BCUT2D eigenvalue weighted by Crippen LogP contribution is -2.40. The van der Waals surface area contributed by atoms with E-state index in [1.807, 2.05) is 0 Å². The summed E-state index contributed by atoms with van der Waals surface area (Å²) in [6.45, 7) is 0. The van der Waals surface area contributed by atoms with Crippen LogP contribution in [-0.2, 0) is 19.1 Å². The van der Waals surface area contributed by atoms with Crippen LogP contribution >= 0.6 is 23.2 Å². The highest BCUT2D eigenvalue weighted by Gasteiger charge is 2.43. The molecule has 0 saturated heterocycles. The first-order valence-corrected chi connectivity index (χ1v) is 12.0. The van der Waals surface area contributed by atoms with Crippen molar-refractivity contribution in [3.05, 3.63) is 111 Å². The van der Waals surface area contributed by atoms with E-state index in [1.54, 1.807) is 66.7 Å². The molecule has 192 valence electrons.